The van der Waals surface area contributed by atoms with Crippen molar-refractivity contribution in [3.63, 3.8) is 0 Å². The highest BCUT2D eigenvalue weighted by Crippen LogP contribution is 2.14. The minimum Gasteiger partial charge on any atom is -0.385 e. The van der Waals surface area contributed by atoms with E-state index < -0.39 is 0 Å². The van der Waals surface area contributed by atoms with Crippen molar-refractivity contribution in [3.05, 3.63) is 29.3 Å². The van der Waals surface area contributed by atoms with E-state index in [0.29, 0.717) is 12.1 Å². The summed E-state index contributed by atoms with van der Waals surface area (Å²) < 4.78 is 0. The van der Waals surface area contributed by atoms with Crippen LogP contribution in [0.3, 0.4) is 0 Å². The molecule has 0 atom stereocenters. The molecule has 0 spiro atoms. The predicted molar refractivity (Wildman–Crippen MR) is 76.4 cm³/mol. The fourth-order valence-electron chi connectivity index (χ4n) is 1.75. The minimum absolute atomic E-state index is 0.00107. The van der Waals surface area contributed by atoms with Crippen molar-refractivity contribution in [1.29, 1.82) is 0 Å². The van der Waals surface area contributed by atoms with Gasteiger partial charge in [-0.3, -0.25) is 9.59 Å². The van der Waals surface area contributed by atoms with Crippen LogP contribution in [0.5, 0.6) is 0 Å². The zero-order valence-electron chi connectivity index (χ0n) is 11.7. The number of carbonyl (C=O) groups excluding carboxylic acids is 2. The molecular weight excluding hydrogens is 242 g/mol. The summed E-state index contributed by atoms with van der Waals surface area (Å²) in [4.78, 5) is 23.2. The molecule has 5 nitrogen and oxygen atoms in total. The van der Waals surface area contributed by atoms with Crippen molar-refractivity contribution in [3.8, 4) is 0 Å². The van der Waals surface area contributed by atoms with Crippen molar-refractivity contribution < 1.29 is 9.59 Å². The number of carbonyl (C=O) groups is 2. The van der Waals surface area contributed by atoms with E-state index in [0.717, 1.165) is 17.8 Å². The Kier molecular flexibility index (Phi) is 5.85. The maximum atomic E-state index is 11.9. The van der Waals surface area contributed by atoms with E-state index in [1.165, 1.54) is 0 Å². The molecule has 0 radical (unpaired) electrons. The highest BCUT2D eigenvalue weighted by molar-refractivity contribution is 5.98. The Balaban J connectivity index is 2.64. The van der Waals surface area contributed by atoms with Gasteiger partial charge in [0.25, 0.3) is 5.91 Å². The molecule has 0 saturated heterocycles. The molecule has 1 aromatic carbocycles. The van der Waals surface area contributed by atoms with E-state index in [1.807, 2.05) is 32.9 Å². The Morgan fingerprint density at radius 1 is 1.11 bits per heavy atom. The Morgan fingerprint density at radius 2 is 1.84 bits per heavy atom. The molecule has 0 unspecified atom stereocenters. The minimum atomic E-state index is -0.230. The summed E-state index contributed by atoms with van der Waals surface area (Å²) in [6.07, 6.45) is 0. The summed E-state index contributed by atoms with van der Waals surface area (Å²) in [5.74, 6) is -0.412. The van der Waals surface area contributed by atoms with Gasteiger partial charge in [0.15, 0.2) is 0 Å². The number of aryl methyl sites for hydroxylation is 1. The topological polar surface area (TPSA) is 70.2 Å². The smallest absolute Gasteiger partial charge is 0.251 e. The zero-order valence-corrected chi connectivity index (χ0v) is 11.7. The third-order valence-corrected chi connectivity index (χ3v) is 2.64. The largest absolute Gasteiger partial charge is 0.385 e. The summed E-state index contributed by atoms with van der Waals surface area (Å²) in [5, 5.41) is 8.42. The normalized spacial score (nSPS) is 9.84. The molecule has 0 heterocycles. The molecule has 0 aromatic heterocycles. The van der Waals surface area contributed by atoms with Gasteiger partial charge in [-0.05, 0) is 44.5 Å². The molecule has 104 valence electrons. The lowest BCUT2D eigenvalue weighted by atomic mass is 10.1. The van der Waals surface area contributed by atoms with Crippen LogP contribution < -0.4 is 16.0 Å². The molecule has 0 saturated carbocycles. The third kappa shape index (κ3) is 4.62. The van der Waals surface area contributed by atoms with E-state index in [-0.39, 0.29) is 18.4 Å². The van der Waals surface area contributed by atoms with Crippen LogP contribution in [0.15, 0.2) is 18.2 Å². The molecule has 0 bridgehead atoms. The van der Waals surface area contributed by atoms with Gasteiger partial charge in [0.2, 0.25) is 5.91 Å². The summed E-state index contributed by atoms with van der Waals surface area (Å²) in [6, 6.07) is 5.54. The summed E-state index contributed by atoms with van der Waals surface area (Å²) in [7, 11) is 0. The van der Waals surface area contributed by atoms with Crippen LogP contribution in [0.4, 0.5) is 5.69 Å². The van der Waals surface area contributed by atoms with Gasteiger partial charge in [-0.1, -0.05) is 0 Å². The van der Waals surface area contributed by atoms with Gasteiger partial charge < -0.3 is 16.0 Å². The lowest BCUT2D eigenvalue weighted by Gasteiger charge is -2.10. The van der Waals surface area contributed by atoms with Crippen LogP contribution in [0, 0.1) is 6.92 Å². The third-order valence-electron chi connectivity index (χ3n) is 2.64. The van der Waals surface area contributed by atoms with Crippen molar-refractivity contribution in [2.45, 2.75) is 20.8 Å². The molecule has 19 heavy (non-hydrogen) atoms. The second-order valence-corrected chi connectivity index (χ2v) is 4.20. The van der Waals surface area contributed by atoms with Gasteiger partial charge in [-0.2, -0.15) is 0 Å². The highest BCUT2D eigenvalue weighted by Gasteiger charge is 2.10. The molecular formula is C14H21N3O2. The average Bonchev–Trinajstić information content (AvgIpc) is 2.37. The van der Waals surface area contributed by atoms with Crippen LogP contribution in [0.2, 0.25) is 0 Å². The lowest BCUT2D eigenvalue weighted by Crippen LogP contribution is -2.36. The molecule has 0 aliphatic carbocycles. The molecule has 3 N–H and O–H groups in total. The molecule has 0 aliphatic heterocycles. The number of amides is 2. The average molecular weight is 263 g/mol. The van der Waals surface area contributed by atoms with Crippen LogP contribution >= 0.6 is 0 Å². The summed E-state index contributed by atoms with van der Waals surface area (Å²) in [5.41, 5.74) is 2.46. The van der Waals surface area contributed by atoms with Gasteiger partial charge in [0, 0.05) is 24.3 Å². The first-order valence-electron chi connectivity index (χ1n) is 6.47. The number of anilines is 1. The van der Waals surface area contributed by atoms with E-state index >= 15 is 0 Å². The number of hydrogen-bond acceptors (Lipinski definition) is 3. The molecule has 5 heteroatoms. The van der Waals surface area contributed by atoms with Crippen LogP contribution in [-0.4, -0.2) is 31.4 Å². The molecule has 0 fully saturated rings. The molecule has 1 aromatic rings. The monoisotopic (exact) mass is 263 g/mol. The second kappa shape index (κ2) is 7.41. The first-order chi connectivity index (χ1) is 9.08. The molecule has 1 rings (SSSR count). The van der Waals surface area contributed by atoms with Crippen molar-refractivity contribution >= 4 is 17.5 Å². The van der Waals surface area contributed by atoms with Crippen LogP contribution in [0.1, 0.15) is 29.8 Å². The lowest BCUT2D eigenvalue weighted by molar-refractivity contribution is -0.120. The number of nitrogens with one attached hydrogen (secondary N) is 3. The summed E-state index contributed by atoms with van der Waals surface area (Å²) >= 11 is 0. The van der Waals surface area contributed by atoms with Crippen LogP contribution in [0.25, 0.3) is 0 Å². The maximum absolute atomic E-state index is 11.9. The van der Waals surface area contributed by atoms with E-state index in [1.54, 1.807) is 6.07 Å². The SMILES string of the molecule is CCNC(=O)CNC(=O)c1ccc(NCC)cc1C. The summed E-state index contributed by atoms with van der Waals surface area (Å²) in [6.45, 7) is 7.13. The van der Waals surface area contributed by atoms with Gasteiger partial charge in [0.1, 0.15) is 0 Å². The van der Waals surface area contributed by atoms with E-state index in [2.05, 4.69) is 16.0 Å². The second-order valence-electron chi connectivity index (χ2n) is 4.20. The number of rotatable bonds is 6. The number of hydrogen-bond donors (Lipinski definition) is 3. The zero-order chi connectivity index (χ0) is 14.3. The highest BCUT2D eigenvalue weighted by atomic mass is 16.2. The van der Waals surface area contributed by atoms with Gasteiger partial charge >= 0.3 is 0 Å². The maximum Gasteiger partial charge on any atom is 0.251 e. The molecule has 0 aliphatic rings. The predicted octanol–water partition coefficient (Wildman–Crippen LogP) is 1.29. The van der Waals surface area contributed by atoms with Gasteiger partial charge in [-0.15, -0.1) is 0 Å². The Hall–Kier alpha value is -2.04. The fourth-order valence-corrected chi connectivity index (χ4v) is 1.75. The standard InChI is InChI=1S/C14H21N3O2/c1-4-15-11-6-7-12(10(3)8-11)14(19)17-9-13(18)16-5-2/h6-8,15H,4-5,9H2,1-3H3,(H,16,18)(H,17,19). The van der Waals surface area contributed by atoms with Crippen molar-refractivity contribution in [2.24, 2.45) is 0 Å². The van der Waals surface area contributed by atoms with Gasteiger partial charge in [0.05, 0.1) is 6.54 Å². The Bertz CT molecular complexity index is 458. The first kappa shape index (κ1) is 15.0. The van der Waals surface area contributed by atoms with Gasteiger partial charge in [-0.25, -0.2) is 0 Å². The Labute approximate surface area is 113 Å². The van der Waals surface area contributed by atoms with Crippen LogP contribution in [-0.2, 0) is 4.79 Å². The quantitative estimate of drug-likeness (QED) is 0.724. The number of benzene rings is 1. The fraction of sp³-hybridized carbons (Fsp3) is 0.429. The molecule has 2 amide bonds. The Morgan fingerprint density at radius 3 is 2.42 bits per heavy atom. The van der Waals surface area contributed by atoms with Crippen molar-refractivity contribution in [1.82, 2.24) is 10.6 Å². The van der Waals surface area contributed by atoms with E-state index in [9.17, 15) is 9.59 Å². The first-order valence-corrected chi connectivity index (χ1v) is 6.47. The number of likely N-dealkylation sites (N-methyl/N-ethyl adjacent to an activating group) is 1. The van der Waals surface area contributed by atoms with Crippen molar-refractivity contribution in [2.75, 3.05) is 25.0 Å². The van der Waals surface area contributed by atoms with E-state index in [4.69, 9.17) is 0 Å².